The van der Waals surface area contributed by atoms with Crippen LogP contribution in [0.2, 0.25) is 0 Å². The Bertz CT molecular complexity index is 634. The van der Waals surface area contributed by atoms with Crippen LogP contribution in [0.1, 0.15) is 12.0 Å². The Kier molecular flexibility index (Phi) is 6.15. The first-order valence-electron chi connectivity index (χ1n) is 7.12. The van der Waals surface area contributed by atoms with E-state index in [1.807, 2.05) is 18.2 Å². The largest absolute Gasteiger partial charge is 0.496 e. The minimum Gasteiger partial charge on any atom is -0.496 e. The van der Waals surface area contributed by atoms with Gasteiger partial charge < -0.3 is 15.4 Å². The van der Waals surface area contributed by atoms with Crippen molar-refractivity contribution in [1.82, 2.24) is 5.32 Å². The summed E-state index contributed by atoms with van der Waals surface area (Å²) in [6, 6.07) is 14.4. The van der Waals surface area contributed by atoms with E-state index in [2.05, 4.69) is 16.7 Å². The Morgan fingerprint density at radius 1 is 1.14 bits per heavy atom. The summed E-state index contributed by atoms with van der Waals surface area (Å²) >= 11 is 5.16. The van der Waals surface area contributed by atoms with Gasteiger partial charge in [-0.15, -0.1) is 0 Å². The zero-order valence-corrected chi connectivity index (χ0v) is 13.3. The molecule has 0 fully saturated rings. The van der Waals surface area contributed by atoms with E-state index in [-0.39, 0.29) is 5.82 Å². The van der Waals surface area contributed by atoms with Gasteiger partial charge in [0.05, 0.1) is 12.8 Å². The number of ether oxygens (including phenoxy) is 1. The molecule has 2 aromatic carbocycles. The van der Waals surface area contributed by atoms with Crippen molar-refractivity contribution < 1.29 is 9.13 Å². The van der Waals surface area contributed by atoms with Gasteiger partial charge in [0.2, 0.25) is 0 Å². The van der Waals surface area contributed by atoms with Crippen LogP contribution in [0.25, 0.3) is 0 Å². The summed E-state index contributed by atoms with van der Waals surface area (Å²) in [5.41, 5.74) is 1.55. The molecule has 0 atom stereocenters. The van der Waals surface area contributed by atoms with Crippen LogP contribution in [0, 0.1) is 5.82 Å². The lowest BCUT2D eigenvalue weighted by Crippen LogP contribution is -2.29. The average Bonchev–Trinajstić information content (AvgIpc) is 2.54. The van der Waals surface area contributed by atoms with Gasteiger partial charge in [-0.25, -0.2) is 4.39 Å². The van der Waals surface area contributed by atoms with Crippen LogP contribution in [0.15, 0.2) is 48.5 Å². The molecule has 0 aliphatic heterocycles. The Hall–Kier alpha value is -2.14. The molecule has 0 spiro atoms. The number of rotatable bonds is 6. The average molecular weight is 318 g/mol. The van der Waals surface area contributed by atoms with Gasteiger partial charge in [-0.2, -0.15) is 0 Å². The fourth-order valence-electron chi connectivity index (χ4n) is 2.12. The lowest BCUT2D eigenvalue weighted by Gasteiger charge is -2.12. The molecule has 0 radical (unpaired) electrons. The number of benzene rings is 2. The molecule has 0 aliphatic carbocycles. The van der Waals surface area contributed by atoms with Crippen molar-refractivity contribution in [3.63, 3.8) is 0 Å². The van der Waals surface area contributed by atoms with Crippen LogP contribution in [-0.4, -0.2) is 18.8 Å². The molecule has 116 valence electrons. The summed E-state index contributed by atoms with van der Waals surface area (Å²) in [6.07, 6.45) is 1.79. The summed E-state index contributed by atoms with van der Waals surface area (Å²) in [6.45, 7) is 0.707. The smallest absolute Gasteiger partial charge is 0.170 e. The van der Waals surface area contributed by atoms with E-state index in [1.165, 1.54) is 11.6 Å². The molecule has 2 N–H and O–H groups in total. The number of anilines is 1. The number of hydrogen-bond acceptors (Lipinski definition) is 2. The molecule has 0 aliphatic rings. The first-order valence-corrected chi connectivity index (χ1v) is 7.53. The van der Waals surface area contributed by atoms with Gasteiger partial charge in [-0.3, -0.25) is 0 Å². The fraction of sp³-hybridized carbons (Fsp3) is 0.235. The molecular formula is C17H19FN2OS. The normalized spacial score (nSPS) is 10.1. The van der Waals surface area contributed by atoms with Gasteiger partial charge >= 0.3 is 0 Å². The maximum atomic E-state index is 13.5. The Morgan fingerprint density at radius 2 is 1.86 bits per heavy atom. The van der Waals surface area contributed by atoms with Gasteiger partial charge in [0.1, 0.15) is 11.6 Å². The molecule has 0 bridgehead atoms. The zero-order chi connectivity index (χ0) is 15.8. The summed E-state index contributed by atoms with van der Waals surface area (Å²) < 4.78 is 18.8. The van der Waals surface area contributed by atoms with E-state index in [4.69, 9.17) is 17.0 Å². The Labute approximate surface area is 135 Å². The van der Waals surface area contributed by atoms with Crippen LogP contribution in [0.4, 0.5) is 10.1 Å². The maximum Gasteiger partial charge on any atom is 0.170 e. The first kappa shape index (κ1) is 16.2. The van der Waals surface area contributed by atoms with Crippen molar-refractivity contribution in [1.29, 1.82) is 0 Å². The van der Waals surface area contributed by atoms with Gasteiger partial charge in [0.25, 0.3) is 0 Å². The highest BCUT2D eigenvalue weighted by molar-refractivity contribution is 7.80. The van der Waals surface area contributed by atoms with E-state index >= 15 is 0 Å². The summed E-state index contributed by atoms with van der Waals surface area (Å²) in [5, 5.41) is 6.35. The Balaban J connectivity index is 1.75. The molecule has 2 rings (SSSR count). The molecule has 0 heterocycles. The topological polar surface area (TPSA) is 33.3 Å². The molecule has 0 amide bonds. The predicted octanol–water partition coefficient (Wildman–Crippen LogP) is 3.75. The minimum absolute atomic E-state index is 0.319. The van der Waals surface area contributed by atoms with Gasteiger partial charge in [-0.1, -0.05) is 30.3 Å². The van der Waals surface area contributed by atoms with Crippen molar-refractivity contribution >= 4 is 23.0 Å². The number of thiocarbonyl (C=S) groups is 1. The highest BCUT2D eigenvalue weighted by Crippen LogP contribution is 2.18. The van der Waals surface area contributed by atoms with Crippen molar-refractivity contribution in [2.75, 3.05) is 19.0 Å². The molecule has 5 heteroatoms. The van der Waals surface area contributed by atoms with Crippen LogP contribution in [-0.2, 0) is 6.42 Å². The molecule has 22 heavy (non-hydrogen) atoms. The molecular weight excluding hydrogens is 299 g/mol. The highest BCUT2D eigenvalue weighted by Gasteiger charge is 2.04. The molecule has 0 aromatic heterocycles. The SMILES string of the molecule is COc1ccccc1CCCNC(=S)Nc1ccccc1F. The highest BCUT2D eigenvalue weighted by atomic mass is 32.1. The molecule has 0 saturated heterocycles. The third-order valence-corrected chi connectivity index (χ3v) is 3.47. The van der Waals surface area contributed by atoms with Crippen LogP contribution in [0.5, 0.6) is 5.75 Å². The molecule has 2 aromatic rings. The fourth-order valence-corrected chi connectivity index (χ4v) is 2.33. The number of halogens is 1. The van der Waals surface area contributed by atoms with Gasteiger partial charge in [0.15, 0.2) is 5.11 Å². The Morgan fingerprint density at radius 3 is 2.64 bits per heavy atom. The quantitative estimate of drug-likeness (QED) is 0.628. The van der Waals surface area contributed by atoms with Crippen LogP contribution in [0.3, 0.4) is 0 Å². The standard InChI is InChI=1S/C17H19FN2OS/c1-21-16-11-5-2-7-13(16)8-6-12-19-17(22)20-15-10-4-3-9-14(15)18/h2-5,7,9-11H,6,8,12H2,1H3,(H2,19,20,22). The van der Waals surface area contributed by atoms with Crippen molar-refractivity contribution in [3.05, 3.63) is 59.9 Å². The van der Waals surface area contributed by atoms with Crippen LogP contribution >= 0.6 is 12.2 Å². The number of nitrogens with one attached hydrogen (secondary N) is 2. The predicted molar refractivity (Wildman–Crippen MR) is 91.9 cm³/mol. The van der Waals surface area contributed by atoms with E-state index in [0.29, 0.717) is 17.3 Å². The summed E-state index contributed by atoms with van der Waals surface area (Å²) in [7, 11) is 1.67. The van der Waals surface area contributed by atoms with E-state index in [1.54, 1.807) is 25.3 Å². The van der Waals surface area contributed by atoms with Crippen molar-refractivity contribution in [3.8, 4) is 5.75 Å². The zero-order valence-electron chi connectivity index (χ0n) is 12.4. The monoisotopic (exact) mass is 318 g/mol. The molecule has 0 saturated carbocycles. The van der Waals surface area contributed by atoms with Crippen molar-refractivity contribution in [2.45, 2.75) is 12.8 Å². The molecule has 0 unspecified atom stereocenters. The number of para-hydroxylation sites is 2. The summed E-state index contributed by atoms with van der Waals surface area (Å²) in [5.74, 6) is 0.579. The maximum absolute atomic E-state index is 13.5. The van der Waals surface area contributed by atoms with E-state index < -0.39 is 0 Å². The van der Waals surface area contributed by atoms with E-state index in [9.17, 15) is 4.39 Å². The number of hydrogen-bond donors (Lipinski definition) is 2. The number of methoxy groups -OCH3 is 1. The second kappa shape index (κ2) is 8.34. The lowest BCUT2D eigenvalue weighted by molar-refractivity contribution is 0.409. The number of aryl methyl sites for hydroxylation is 1. The third-order valence-electron chi connectivity index (χ3n) is 3.22. The van der Waals surface area contributed by atoms with Crippen LogP contribution < -0.4 is 15.4 Å². The van der Waals surface area contributed by atoms with Crippen molar-refractivity contribution in [2.24, 2.45) is 0 Å². The summed E-state index contributed by atoms with van der Waals surface area (Å²) in [4.78, 5) is 0. The van der Waals surface area contributed by atoms with Gasteiger partial charge in [0, 0.05) is 6.54 Å². The first-order chi connectivity index (χ1) is 10.7. The lowest BCUT2D eigenvalue weighted by atomic mass is 10.1. The van der Waals surface area contributed by atoms with E-state index in [0.717, 1.165) is 18.6 Å². The third kappa shape index (κ3) is 4.70. The minimum atomic E-state index is -0.319. The molecule has 3 nitrogen and oxygen atoms in total. The second-order valence-electron chi connectivity index (χ2n) is 4.78. The van der Waals surface area contributed by atoms with Gasteiger partial charge in [-0.05, 0) is 48.8 Å². The second-order valence-corrected chi connectivity index (χ2v) is 5.18.